The standard InChI is InChI=1S/C20H24N2O2/c1-21(2)20(24)16-8-5-6-15(12-16)13-22-11-10-19(23)18-9-4-3-7-17(18)14-22/h3-9,12,19,23H,10-11,13-14H2,1-2H3. The average molecular weight is 324 g/mol. The van der Waals surface area contributed by atoms with E-state index in [9.17, 15) is 9.90 Å². The van der Waals surface area contributed by atoms with Crippen LogP contribution in [0.25, 0.3) is 0 Å². The molecule has 0 aromatic heterocycles. The van der Waals surface area contributed by atoms with Gasteiger partial charge < -0.3 is 10.0 Å². The van der Waals surface area contributed by atoms with E-state index in [4.69, 9.17) is 0 Å². The molecule has 126 valence electrons. The van der Waals surface area contributed by atoms with E-state index < -0.39 is 6.10 Å². The smallest absolute Gasteiger partial charge is 0.253 e. The van der Waals surface area contributed by atoms with Crippen molar-refractivity contribution >= 4 is 5.91 Å². The lowest BCUT2D eigenvalue weighted by Crippen LogP contribution is -2.24. The number of aliphatic hydroxyl groups is 1. The highest BCUT2D eigenvalue weighted by atomic mass is 16.3. The number of hydrogen-bond donors (Lipinski definition) is 1. The molecule has 0 fully saturated rings. The van der Waals surface area contributed by atoms with E-state index in [1.807, 2.05) is 36.4 Å². The van der Waals surface area contributed by atoms with Gasteiger partial charge in [0.05, 0.1) is 6.10 Å². The van der Waals surface area contributed by atoms with E-state index in [1.54, 1.807) is 19.0 Å². The number of nitrogens with zero attached hydrogens (tertiary/aromatic N) is 2. The lowest BCUT2D eigenvalue weighted by atomic mass is 10.0. The number of fused-ring (bicyclic) bond motifs is 1. The quantitative estimate of drug-likeness (QED) is 0.944. The molecule has 0 saturated carbocycles. The van der Waals surface area contributed by atoms with Crippen LogP contribution >= 0.6 is 0 Å². The van der Waals surface area contributed by atoms with Crippen LogP contribution in [0.2, 0.25) is 0 Å². The Hall–Kier alpha value is -2.17. The Morgan fingerprint density at radius 1 is 1.21 bits per heavy atom. The molecule has 2 aromatic rings. The summed E-state index contributed by atoms with van der Waals surface area (Å²) in [5.74, 6) is 0.0217. The highest BCUT2D eigenvalue weighted by Crippen LogP contribution is 2.27. The van der Waals surface area contributed by atoms with Gasteiger partial charge in [0.15, 0.2) is 0 Å². The summed E-state index contributed by atoms with van der Waals surface area (Å²) in [5, 5.41) is 10.3. The van der Waals surface area contributed by atoms with Gasteiger partial charge in [-0.3, -0.25) is 9.69 Å². The van der Waals surface area contributed by atoms with Gasteiger partial charge in [-0.25, -0.2) is 0 Å². The molecule has 1 unspecified atom stereocenters. The first-order chi connectivity index (χ1) is 11.5. The minimum Gasteiger partial charge on any atom is -0.388 e. The zero-order valence-electron chi connectivity index (χ0n) is 14.3. The fourth-order valence-electron chi connectivity index (χ4n) is 3.24. The molecular weight excluding hydrogens is 300 g/mol. The van der Waals surface area contributed by atoms with Crippen LogP contribution in [0, 0.1) is 0 Å². The number of benzene rings is 2. The summed E-state index contributed by atoms with van der Waals surface area (Å²) < 4.78 is 0. The van der Waals surface area contributed by atoms with Crippen molar-refractivity contribution in [2.24, 2.45) is 0 Å². The third kappa shape index (κ3) is 3.66. The largest absolute Gasteiger partial charge is 0.388 e. The van der Waals surface area contributed by atoms with Gasteiger partial charge in [0, 0.05) is 39.3 Å². The van der Waals surface area contributed by atoms with Gasteiger partial charge in [0.25, 0.3) is 5.91 Å². The molecule has 0 spiro atoms. The number of carbonyl (C=O) groups excluding carboxylic acids is 1. The maximum absolute atomic E-state index is 12.1. The van der Waals surface area contributed by atoms with Crippen molar-refractivity contribution in [1.29, 1.82) is 0 Å². The van der Waals surface area contributed by atoms with Crippen molar-refractivity contribution in [1.82, 2.24) is 9.80 Å². The number of aliphatic hydroxyl groups excluding tert-OH is 1. The van der Waals surface area contributed by atoms with Crippen LogP contribution in [0.15, 0.2) is 48.5 Å². The molecule has 1 N–H and O–H groups in total. The average Bonchev–Trinajstić information content (AvgIpc) is 2.74. The van der Waals surface area contributed by atoms with Gasteiger partial charge >= 0.3 is 0 Å². The van der Waals surface area contributed by atoms with Crippen LogP contribution in [0.3, 0.4) is 0 Å². The maximum atomic E-state index is 12.1. The molecular formula is C20H24N2O2. The number of hydrogen-bond acceptors (Lipinski definition) is 3. The van der Waals surface area contributed by atoms with Crippen molar-refractivity contribution in [3.05, 3.63) is 70.8 Å². The fraction of sp³-hybridized carbons (Fsp3) is 0.350. The van der Waals surface area contributed by atoms with Crippen LogP contribution in [0.5, 0.6) is 0 Å². The van der Waals surface area contributed by atoms with Crippen molar-refractivity contribution in [2.75, 3.05) is 20.6 Å². The second kappa shape index (κ2) is 7.16. The van der Waals surface area contributed by atoms with E-state index in [1.165, 1.54) is 5.56 Å². The first kappa shape index (κ1) is 16.7. The predicted molar refractivity (Wildman–Crippen MR) is 94.6 cm³/mol. The SMILES string of the molecule is CN(C)C(=O)c1cccc(CN2CCC(O)c3ccccc3C2)c1. The van der Waals surface area contributed by atoms with Crippen LogP contribution in [0.1, 0.15) is 39.6 Å². The predicted octanol–water partition coefficient (Wildman–Crippen LogP) is 2.83. The Balaban J connectivity index is 1.77. The summed E-state index contributed by atoms with van der Waals surface area (Å²) in [4.78, 5) is 16.1. The number of carbonyl (C=O) groups is 1. The van der Waals surface area contributed by atoms with Gasteiger partial charge in [-0.05, 0) is 35.2 Å². The van der Waals surface area contributed by atoms with Crippen LogP contribution in [0.4, 0.5) is 0 Å². The number of amides is 1. The Kier molecular flexibility index (Phi) is 4.97. The summed E-state index contributed by atoms with van der Waals surface area (Å²) in [5.41, 5.74) is 4.06. The molecule has 0 bridgehead atoms. The zero-order chi connectivity index (χ0) is 17.1. The zero-order valence-corrected chi connectivity index (χ0v) is 14.3. The second-order valence-electron chi connectivity index (χ2n) is 6.61. The Labute approximate surface area is 143 Å². The van der Waals surface area contributed by atoms with Crippen molar-refractivity contribution in [3.8, 4) is 0 Å². The Morgan fingerprint density at radius 2 is 2.00 bits per heavy atom. The van der Waals surface area contributed by atoms with E-state index in [-0.39, 0.29) is 5.91 Å². The molecule has 4 nitrogen and oxygen atoms in total. The van der Waals surface area contributed by atoms with E-state index >= 15 is 0 Å². The molecule has 24 heavy (non-hydrogen) atoms. The molecule has 0 saturated heterocycles. The monoisotopic (exact) mass is 324 g/mol. The molecule has 1 aliphatic rings. The third-order valence-corrected chi connectivity index (χ3v) is 4.51. The van der Waals surface area contributed by atoms with Gasteiger partial charge in [-0.2, -0.15) is 0 Å². The normalized spacial score (nSPS) is 17.9. The highest BCUT2D eigenvalue weighted by Gasteiger charge is 2.20. The van der Waals surface area contributed by atoms with E-state index in [0.29, 0.717) is 5.56 Å². The highest BCUT2D eigenvalue weighted by molar-refractivity contribution is 5.94. The second-order valence-corrected chi connectivity index (χ2v) is 6.61. The van der Waals surface area contributed by atoms with Crippen LogP contribution < -0.4 is 0 Å². The summed E-state index contributed by atoms with van der Waals surface area (Å²) in [6.45, 7) is 2.43. The molecule has 1 atom stereocenters. The first-order valence-corrected chi connectivity index (χ1v) is 8.33. The van der Waals surface area contributed by atoms with E-state index in [0.717, 1.165) is 37.2 Å². The summed E-state index contributed by atoms with van der Waals surface area (Å²) in [7, 11) is 3.53. The summed E-state index contributed by atoms with van der Waals surface area (Å²) in [6, 6.07) is 15.9. The molecule has 1 aliphatic heterocycles. The topological polar surface area (TPSA) is 43.8 Å². The third-order valence-electron chi connectivity index (χ3n) is 4.51. The van der Waals surface area contributed by atoms with Crippen molar-refractivity contribution in [2.45, 2.75) is 25.6 Å². The fourth-order valence-corrected chi connectivity index (χ4v) is 3.24. The van der Waals surface area contributed by atoms with Crippen molar-refractivity contribution < 1.29 is 9.90 Å². The van der Waals surface area contributed by atoms with Crippen molar-refractivity contribution in [3.63, 3.8) is 0 Å². The van der Waals surface area contributed by atoms with Gasteiger partial charge in [0.1, 0.15) is 0 Å². The minimum absolute atomic E-state index is 0.0217. The van der Waals surface area contributed by atoms with E-state index in [2.05, 4.69) is 17.0 Å². The van der Waals surface area contributed by atoms with Gasteiger partial charge in [-0.1, -0.05) is 36.4 Å². The first-order valence-electron chi connectivity index (χ1n) is 8.33. The molecule has 3 rings (SSSR count). The van der Waals surface area contributed by atoms with Crippen LogP contribution in [-0.2, 0) is 13.1 Å². The molecule has 1 heterocycles. The van der Waals surface area contributed by atoms with Gasteiger partial charge in [0.2, 0.25) is 0 Å². The van der Waals surface area contributed by atoms with Gasteiger partial charge in [-0.15, -0.1) is 0 Å². The minimum atomic E-state index is -0.396. The molecule has 0 aliphatic carbocycles. The summed E-state index contributed by atoms with van der Waals surface area (Å²) in [6.07, 6.45) is 0.334. The molecule has 2 aromatic carbocycles. The van der Waals surface area contributed by atoms with Crippen LogP contribution in [-0.4, -0.2) is 41.5 Å². The maximum Gasteiger partial charge on any atom is 0.253 e. The molecule has 1 amide bonds. The Bertz CT molecular complexity index is 727. The Morgan fingerprint density at radius 3 is 2.79 bits per heavy atom. The summed E-state index contributed by atoms with van der Waals surface area (Å²) >= 11 is 0. The lowest BCUT2D eigenvalue weighted by Gasteiger charge is -2.21. The number of rotatable bonds is 3. The molecule has 4 heteroatoms. The lowest BCUT2D eigenvalue weighted by molar-refractivity contribution is 0.0827. The molecule has 0 radical (unpaired) electrons.